The van der Waals surface area contributed by atoms with Crippen molar-refractivity contribution in [1.29, 1.82) is 0 Å². The van der Waals surface area contributed by atoms with Crippen LogP contribution in [0.2, 0.25) is 0 Å². The van der Waals surface area contributed by atoms with Gasteiger partial charge in [-0.05, 0) is 35.3 Å². The predicted molar refractivity (Wildman–Crippen MR) is 81.6 cm³/mol. The van der Waals surface area contributed by atoms with Crippen molar-refractivity contribution < 1.29 is 9.18 Å². The van der Waals surface area contributed by atoms with Crippen LogP contribution in [0.25, 0.3) is 0 Å². The third-order valence-corrected chi connectivity index (χ3v) is 2.83. The van der Waals surface area contributed by atoms with E-state index in [1.165, 1.54) is 0 Å². The average molecular weight is 278 g/mol. The molecule has 0 unspecified atom stereocenters. The second kappa shape index (κ2) is 7.20. The van der Waals surface area contributed by atoms with Crippen molar-refractivity contribution in [3.8, 4) is 0 Å². The molecule has 0 aliphatic heterocycles. The number of hydrogen-bond acceptors (Lipinski definition) is 3. The zero-order valence-electron chi connectivity index (χ0n) is 12.4. The van der Waals surface area contributed by atoms with Gasteiger partial charge in [-0.15, -0.1) is 0 Å². The fraction of sp³-hybridized carbons (Fsp3) is 0.438. The number of Topliss-reactive ketones (excluding diaryl/α,β-unsaturated/α-hetero) is 1. The molecule has 4 heteroatoms. The monoisotopic (exact) mass is 278 g/mol. The highest BCUT2D eigenvalue weighted by molar-refractivity contribution is 5.96. The summed E-state index contributed by atoms with van der Waals surface area (Å²) in [5.41, 5.74) is 7.39. The Morgan fingerprint density at radius 1 is 1.30 bits per heavy atom. The zero-order chi connectivity index (χ0) is 15.2. The topological polar surface area (TPSA) is 55.1 Å². The summed E-state index contributed by atoms with van der Waals surface area (Å²) in [5.74, 6) is 0.135. The van der Waals surface area contributed by atoms with Crippen LogP contribution in [0.1, 0.15) is 37.6 Å². The number of carbonyl (C=O) groups is 1. The van der Waals surface area contributed by atoms with E-state index in [4.69, 9.17) is 5.73 Å². The van der Waals surface area contributed by atoms with E-state index in [0.29, 0.717) is 30.4 Å². The van der Waals surface area contributed by atoms with Crippen molar-refractivity contribution >= 4 is 11.5 Å². The Hall–Kier alpha value is -1.68. The number of nitrogens with two attached hydrogens (primary N) is 1. The number of ketones is 1. The number of halogens is 1. The molecule has 110 valence electrons. The van der Waals surface area contributed by atoms with E-state index >= 15 is 0 Å². The molecule has 0 saturated heterocycles. The van der Waals surface area contributed by atoms with E-state index in [9.17, 15) is 9.18 Å². The fourth-order valence-corrected chi connectivity index (χ4v) is 1.73. The summed E-state index contributed by atoms with van der Waals surface area (Å²) in [6, 6.07) is 7.22. The van der Waals surface area contributed by atoms with Gasteiger partial charge in [0.1, 0.15) is 0 Å². The van der Waals surface area contributed by atoms with E-state index in [2.05, 4.69) is 5.32 Å². The lowest BCUT2D eigenvalue weighted by atomic mass is 9.88. The second-order valence-electron chi connectivity index (χ2n) is 6.06. The molecule has 0 aliphatic carbocycles. The highest BCUT2D eigenvalue weighted by atomic mass is 19.1. The minimum atomic E-state index is -0.0179. The first-order valence-electron chi connectivity index (χ1n) is 6.71. The van der Waals surface area contributed by atoms with Crippen LogP contribution in [0.5, 0.6) is 0 Å². The van der Waals surface area contributed by atoms with Gasteiger partial charge in [0, 0.05) is 30.8 Å². The Balaban J connectivity index is 2.63. The van der Waals surface area contributed by atoms with Crippen LogP contribution in [-0.4, -0.2) is 18.9 Å². The molecule has 0 bridgehead atoms. The van der Waals surface area contributed by atoms with Gasteiger partial charge in [0.05, 0.1) is 6.33 Å². The number of rotatable bonds is 6. The van der Waals surface area contributed by atoms with Crippen molar-refractivity contribution in [3.05, 3.63) is 41.7 Å². The molecule has 3 N–H and O–H groups in total. The average Bonchev–Trinajstić information content (AvgIpc) is 2.38. The van der Waals surface area contributed by atoms with Crippen molar-refractivity contribution in [3.63, 3.8) is 0 Å². The van der Waals surface area contributed by atoms with Gasteiger partial charge in [-0.3, -0.25) is 4.79 Å². The van der Waals surface area contributed by atoms with Crippen molar-refractivity contribution in [2.24, 2.45) is 11.1 Å². The molecule has 1 aromatic rings. The van der Waals surface area contributed by atoms with Crippen LogP contribution in [0, 0.1) is 5.41 Å². The first-order chi connectivity index (χ1) is 9.35. The normalized spacial score (nSPS) is 12.3. The van der Waals surface area contributed by atoms with E-state index in [1.807, 2.05) is 32.9 Å². The Morgan fingerprint density at radius 3 is 2.35 bits per heavy atom. The highest BCUT2D eigenvalue weighted by Crippen LogP contribution is 2.22. The van der Waals surface area contributed by atoms with Crippen LogP contribution in [-0.2, 0) is 0 Å². The summed E-state index contributed by atoms with van der Waals surface area (Å²) in [5, 5.41) is 3.06. The van der Waals surface area contributed by atoms with Crippen molar-refractivity contribution in [1.82, 2.24) is 0 Å². The maximum Gasteiger partial charge on any atom is 0.163 e. The summed E-state index contributed by atoms with van der Waals surface area (Å²) in [6.07, 6.45) is 1.04. The third-order valence-electron chi connectivity index (χ3n) is 2.83. The van der Waals surface area contributed by atoms with Gasteiger partial charge >= 0.3 is 0 Å². The predicted octanol–water partition coefficient (Wildman–Crippen LogP) is 3.53. The lowest BCUT2D eigenvalue weighted by Gasteiger charge is -2.16. The minimum Gasteiger partial charge on any atom is -0.381 e. The standard InChI is InChI=1S/C16H23FN2O/c1-16(2,3)8-15(20)13-4-6-14(7-5-13)19-11-12(9-17)10-18/h4-7,9,19H,8,10-11,18H2,1-3H3/b12-9-. The summed E-state index contributed by atoms with van der Waals surface area (Å²) >= 11 is 0. The van der Waals surface area contributed by atoms with Gasteiger partial charge in [-0.25, -0.2) is 4.39 Å². The first kappa shape index (κ1) is 16.4. The summed E-state index contributed by atoms with van der Waals surface area (Å²) in [4.78, 5) is 12.0. The van der Waals surface area contributed by atoms with Gasteiger partial charge in [0.25, 0.3) is 0 Å². The number of carbonyl (C=O) groups excluding carboxylic acids is 1. The van der Waals surface area contributed by atoms with Crippen LogP contribution < -0.4 is 11.1 Å². The molecule has 0 atom stereocenters. The highest BCUT2D eigenvalue weighted by Gasteiger charge is 2.17. The van der Waals surface area contributed by atoms with E-state index < -0.39 is 0 Å². The number of hydrogen-bond donors (Lipinski definition) is 2. The SMILES string of the molecule is CC(C)(C)CC(=O)c1ccc(NC/C(=C\F)CN)cc1. The zero-order valence-corrected chi connectivity index (χ0v) is 12.4. The third kappa shape index (κ3) is 5.53. The lowest BCUT2D eigenvalue weighted by molar-refractivity contribution is 0.0940. The van der Waals surface area contributed by atoms with E-state index in [1.54, 1.807) is 12.1 Å². The summed E-state index contributed by atoms with van der Waals surface area (Å²) in [7, 11) is 0. The molecule has 3 nitrogen and oxygen atoms in total. The quantitative estimate of drug-likeness (QED) is 0.783. The van der Waals surface area contributed by atoms with Crippen LogP contribution >= 0.6 is 0 Å². The Bertz CT molecular complexity index is 472. The van der Waals surface area contributed by atoms with Crippen molar-refractivity contribution in [2.45, 2.75) is 27.2 Å². The smallest absolute Gasteiger partial charge is 0.163 e. The minimum absolute atomic E-state index is 0.0179. The fourth-order valence-electron chi connectivity index (χ4n) is 1.73. The number of anilines is 1. The molecule has 0 saturated carbocycles. The molecule has 0 heterocycles. The van der Waals surface area contributed by atoms with Crippen LogP contribution in [0.4, 0.5) is 10.1 Å². The molecule has 1 rings (SSSR count). The molecule has 0 amide bonds. The molecule has 1 aromatic carbocycles. The molecule has 0 fully saturated rings. The molecular formula is C16H23FN2O. The van der Waals surface area contributed by atoms with E-state index in [0.717, 1.165) is 5.69 Å². The number of nitrogens with one attached hydrogen (secondary N) is 1. The van der Waals surface area contributed by atoms with Crippen LogP contribution in [0.15, 0.2) is 36.2 Å². The Morgan fingerprint density at radius 2 is 1.90 bits per heavy atom. The number of benzene rings is 1. The summed E-state index contributed by atoms with van der Waals surface area (Å²) < 4.78 is 12.4. The molecule has 0 aliphatic rings. The Kier molecular flexibility index (Phi) is 5.89. The Labute approximate surface area is 120 Å². The summed E-state index contributed by atoms with van der Waals surface area (Å²) in [6.45, 7) is 6.67. The van der Waals surface area contributed by atoms with Gasteiger partial charge < -0.3 is 11.1 Å². The van der Waals surface area contributed by atoms with Gasteiger partial charge in [0.15, 0.2) is 5.78 Å². The molecule has 0 radical (unpaired) electrons. The van der Waals surface area contributed by atoms with Crippen LogP contribution in [0.3, 0.4) is 0 Å². The molecule has 20 heavy (non-hydrogen) atoms. The van der Waals surface area contributed by atoms with Gasteiger partial charge in [-0.1, -0.05) is 20.8 Å². The largest absolute Gasteiger partial charge is 0.381 e. The maximum atomic E-state index is 12.4. The molecule has 0 aromatic heterocycles. The van der Waals surface area contributed by atoms with Gasteiger partial charge in [-0.2, -0.15) is 0 Å². The van der Waals surface area contributed by atoms with Crippen molar-refractivity contribution in [2.75, 3.05) is 18.4 Å². The first-order valence-corrected chi connectivity index (χ1v) is 6.71. The molecule has 0 spiro atoms. The van der Waals surface area contributed by atoms with E-state index in [-0.39, 0.29) is 17.7 Å². The maximum absolute atomic E-state index is 12.4. The second-order valence-corrected chi connectivity index (χ2v) is 6.06. The lowest BCUT2D eigenvalue weighted by Crippen LogP contribution is -2.14. The van der Waals surface area contributed by atoms with Gasteiger partial charge in [0.2, 0.25) is 0 Å². The molecular weight excluding hydrogens is 255 g/mol.